The van der Waals surface area contributed by atoms with E-state index in [-0.39, 0.29) is 26.1 Å². The molecule has 0 aromatic rings. The van der Waals surface area contributed by atoms with Crippen molar-refractivity contribution >= 4 is 17.9 Å². The van der Waals surface area contributed by atoms with Gasteiger partial charge in [0.1, 0.15) is 24.9 Å². The lowest BCUT2D eigenvalue weighted by atomic mass is 9.99. The number of aliphatic hydroxyl groups is 3. The van der Waals surface area contributed by atoms with Crippen LogP contribution in [0.15, 0.2) is 0 Å². The third kappa shape index (κ3) is 24.5. The molecule has 1 aliphatic rings. The number of carboxylic acid groups (broad SMARTS) is 1. The Morgan fingerprint density at radius 1 is 0.519 bits per heavy atom. The molecule has 0 aromatic carbocycles. The molecule has 1 aliphatic heterocycles. The van der Waals surface area contributed by atoms with Gasteiger partial charge in [0.25, 0.3) is 0 Å². The zero-order chi connectivity index (χ0) is 38.2. The first-order valence-electron chi connectivity index (χ1n) is 21.1. The minimum Gasteiger partial charge on any atom is -0.479 e. The fourth-order valence-corrected chi connectivity index (χ4v) is 6.59. The van der Waals surface area contributed by atoms with Gasteiger partial charge in [-0.2, -0.15) is 0 Å². The summed E-state index contributed by atoms with van der Waals surface area (Å²) in [7, 11) is 0. The molecule has 6 unspecified atom stereocenters. The Hall–Kier alpha value is -1.79. The molecule has 0 aromatic heterocycles. The molecule has 1 fully saturated rings. The highest BCUT2D eigenvalue weighted by atomic mass is 16.7. The van der Waals surface area contributed by atoms with Crippen LogP contribution in [0.1, 0.15) is 194 Å². The number of carbonyl (C=O) groups is 3. The second-order valence-electron chi connectivity index (χ2n) is 14.8. The van der Waals surface area contributed by atoms with Crippen molar-refractivity contribution < 1.29 is 53.8 Å². The number of ether oxygens (including phenoxy) is 4. The van der Waals surface area contributed by atoms with Crippen molar-refractivity contribution in [3.8, 4) is 0 Å². The second-order valence-corrected chi connectivity index (χ2v) is 14.8. The van der Waals surface area contributed by atoms with Gasteiger partial charge in [-0.05, 0) is 12.8 Å². The summed E-state index contributed by atoms with van der Waals surface area (Å²) in [6, 6.07) is 0. The Balaban J connectivity index is 2.39. The number of aliphatic hydroxyl groups excluding tert-OH is 3. The fourth-order valence-electron chi connectivity index (χ4n) is 6.59. The zero-order valence-electron chi connectivity index (χ0n) is 32.8. The van der Waals surface area contributed by atoms with Crippen LogP contribution in [0, 0.1) is 0 Å². The smallest absolute Gasteiger partial charge is 0.335 e. The van der Waals surface area contributed by atoms with Crippen molar-refractivity contribution in [1.82, 2.24) is 0 Å². The van der Waals surface area contributed by atoms with E-state index in [1.807, 2.05) is 0 Å². The number of carbonyl (C=O) groups excluding carboxylic acids is 2. The Morgan fingerprint density at radius 3 is 1.31 bits per heavy atom. The van der Waals surface area contributed by atoms with E-state index < -0.39 is 54.7 Å². The largest absolute Gasteiger partial charge is 0.479 e. The lowest BCUT2D eigenvalue weighted by Crippen LogP contribution is -2.60. The quantitative estimate of drug-likeness (QED) is 0.0364. The summed E-state index contributed by atoms with van der Waals surface area (Å²) in [6.45, 7) is 3.81. The van der Waals surface area contributed by atoms with Gasteiger partial charge >= 0.3 is 17.9 Å². The van der Waals surface area contributed by atoms with Gasteiger partial charge in [0, 0.05) is 12.8 Å². The molecule has 1 rings (SSSR count). The first kappa shape index (κ1) is 48.2. The number of esters is 2. The third-order valence-corrected chi connectivity index (χ3v) is 9.96. The summed E-state index contributed by atoms with van der Waals surface area (Å²) in [6.07, 6.45) is 21.6. The van der Waals surface area contributed by atoms with Gasteiger partial charge in [-0.1, -0.05) is 168 Å². The molecule has 1 heterocycles. The van der Waals surface area contributed by atoms with Gasteiger partial charge < -0.3 is 39.4 Å². The topological polar surface area (TPSA) is 169 Å². The van der Waals surface area contributed by atoms with Crippen LogP contribution in [0.2, 0.25) is 0 Å². The van der Waals surface area contributed by atoms with Crippen molar-refractivity contribution in [2.75, 3.05) is 13.2 Å². The van der Waals surface area contributed by atoms with Crippen LogP contribution in [0.4, 0.5) is 0 Å². The average molecular weight is 745 g/mol. The van der Waals surface area contributed by atoms with E-state index in [1.165, 1.54) is 116 Å². The van der Waals surface area contributed by atoms with Crippen LogP contribution >= 0.6 is 0 Å². The predicted octanol–water partition coefficient (Wildman–Crippen LogP) is 8.31. The highest BCUT2D eigenvalue weighted by Gasteiger charge is 2.47. The van der Waals surface area contributed by atoms with Crippen molar-refractivity contribution in [2.24, 2.45) is 0 Å². The molecule has 11 heteroatoms. The van der Waals surface area contributed by atoms with Crippen LogP contribution in [-0.2, 0) is 33.3 Å². The Morgan fingerprint density at radius 2 is 0.904 bits per heavy atom. The molecule has 6 atom stereocenters. The van der Waals surface area contributed by atoms with Gasteiger partial charge in [-0.25, -0.2) is 4.79 Å². The molecule has 52 heavy (non-hydrogen) atoms. The number of rotatable bonds is 35. The summed E-state index contributed by atoms with van der Waals surface area (Å²) in [4.78, 5) is 36.7. The summed E-state index contributed by atoms with van der Waals surface area (Å²) >= 11 is 0. The van der Waals surface area contributed by atoms with E-state index >= 15 is 0 Å². The van der Waals surface area contributed by atoms with Gasteiger partial charge in [0.2, 0.25) is 0 Å². The lowest BCUT2D eigenvalue weighted by Gasteiger charge is -2.38. The Bertz CT molecular complexity index is 885. The SMILES string of the molecule is CCCCCCCCCCCCCCCC(=O)OCC(COC1OC(C(=O)O)C(O)C(O)C1O)OC(=O)CCCCCCCCCCCCCCC. The van der Waals surface area contributed by atoms with E-state index in [4.69, 9.17) is 18.9 Å². The van der Waals surface area contributed by atoms with E-state index in [0.717, 1.165) is 38.5 Å². The summed E-state index contributed by atoms with van der Waals surface area (Å²) in [5.41, 5.74) is 0. The number of hydrogen-bond acceptors (Lipinski definition) is 10. The summed E-state index contributed by atoms with van der Waals surface area (Å²) in [5.74, 6) is -2.43. The minimum atomic E-state index is -1.85. The molecule has 0 bridgehead atoms. The summed E-state index contributed by atoms with van der Waals surface area (Å²) in [5, 5.41) is 39.7. The zero-order valence-corrected chi connectivity index (χ0v) is 32.8. The average Bonchev–Trinajstić information content (AvgIpc) is 3.12. The molecule has 0 aliphatic carbocycles. The number of unbranched alkanes of at least 4 members (excludes halogenated alkanes) is 24. The first-order valence-corrected chi connectivity index (χ1v) is 21.1. The van der Waals surface area contributed by atoms with Crippen LogP contribution < -0.4 is 0 Å². The van der Waals surface area contributed by atoms with E-state index in [2.05, 4.69) is 13.8 Å². The molecule has 306 valence electrons. The Kier molecular flexibility index (Phi) is 30.3. The Labute approximate surface area is 314 Å². The van der Waals surface area contributed by atoms with Gasteiger partial charge in [0.05, 0.1) is 6.61 Å². The van der Waals surface area contributed by atoms with E-state index in [9.17, 15) is 34.8 Å². The highest BCUT2D eigenvalue weighted by Crippen LogP contribution is 2.23. The van der Waals surface area contributed by atoms with Crippen molar-refractivity contribution in [3.63, 3.8) is 0 Å². The fraction of sp³-hybridized carbons (Fsp3) is 0.927. The molecule has 1 saturated heterocycles. The van der Waals surface area contributed by atoms with Crippen LogP contribution in [0.25, 0.3) is 0 Å². The molecule has 4 N–H and O–H groups in total. The first-order chi connectivity index (χ1) is 25.2. The third-order valence-electron chi connectivity index (χ3n) is 9.96. The highest BCUT2D eigenvalue weighted by molar-refractivity contribution is 5.73. The molecule has 0 spiro atoms. The van der Waals surface area contributed by atoms with Gasteiger partial charge in [-0.15, -0.1) is 0 Å². The lowest BCUT2D eigenvalue weighted by molar-refractivity contribution is -0.298. The minimum absolute atomic E-state index is 0.190. The van der Waals surface area contributed by atoms with Crippen LogP contribution in [-0.4, -0.2) is 88.4 Å². The molecule has 0 amide bonds. The molecule has 0 radical (unpaired) electrons. The standard InChI is InChI=1S/C41H76O11/c1-3-5-7-9-11-13-15-17-19-21-23-25-27-29-34(42)49-31-33(32-50-41-38(46)36(44)37(45)39(52-41)40(47)48)51-35(43)30-28-26-24-22-20-18-16-14-12-10-8-6-4-2/h33,36-39,41,44-46H,3-32H2,1-2H3,(H,47,48). The maximum atomic E-state index is 12.7. The van der Waals surface area contributed by atoms with E-state index in [0.29, 0.717) is 12.8 Å². The van der Waals surface area contributed by atoms with Crippen molar-refractivity contribution in [2.45, 2.75) is 230 Å². The van der Waals surface area contributed by atoms with Crippen LogP contribution in [0.5, 0.6) is 0 Å². The number of hydrogen-bond donors (Lipinski definition) is 4. The number of aliphatic carboxylic acids is 1. The van der Waals surface area contributed by atoms with E-state index in [1.54, 1.807) is 0 Å². The maximum Gasteiger partial charge on any atom is 0.335 e. The molecular weight excluding hydrogens is 668 g/mol. The maximum absolute atomic E-state index is 12.7. The van der Waals surface area contributed by atoms with Crippen molar-refractivity contribution in [3.05, 3.63) is 0 Å². The molecular formula is C41H76O11. The molecule has 11 nitrogen and oxygen atoms in total. The summed E-state index contributed by atoms with van der Waals surface area (Å²) < 4.78 is 21.7. The monoisotopic (exact) mass is 745 g/mol. The van der Waals surface area contributed by atoms with Crippen molar-refractivity contribution in [1.29, 1.82) is 0 Å². The predicted molar refractivity (Wildman–Crippen MR) is 202 cm³/mol. The van der Waals surface area contributed by atoms with Crippen LogP contribution in [0.3, 0.4) is 0 Å². The normalized spacial score (nSPS) is 20.8. The second kappa shape index (κ2) is 32.6. The van der Waals surface area contributed by atoms with Gasteiger partial charge in [-0.3, -0.25) is 9.59 Å². The number of carboxylic acids is 1. The molecule has 0 saturated carbocycles. The van der Waals surface area contributed by atoms with Gasteiger partial charge in [0.15, 0.2) is 18.5 Å².